The average molecular weight is 335 g/mol. The smallest absolute Gasteiger partial charge is 0.317 e. The van der Waals surface area contributed by atoms with Crippen molar-refractivity contribution >= 4 is 6.03 Å². The third kappa shape index (κ3) is 4.17. The standard InChI is InChI=1S/C18H26FN3O2/c1-14(24-17-7-3-2-6-16(17)19)12-20-18(23)22-11-8-15(13-22)21-9-4-5-10-21/h2-3,6-7,14-15H,4-5,8-13H2,1H3,(H,20,23)/t14-,15+/m1/s1. The number of para-hydroxylation sites is 1. The molecule has 0 saturated carbocycles. The van der Waals surface area contributed by atoms with Gasteiger partial charge in [0.25, 0.3) is 0 Å². The molecular formula is C18H26FN3O2. The average Bonchev–Trinajstić information content (AvgIpc) is 3.25. The van der Waals surface area contributed by atoms with Gasteiger partial charge >= 0.3 is 6.03 Å². The molecule has 3 rings (SSSR count). The predicted octanol–water partition coefficient (Wildman–Crippen LogP) is 2.47. The number of urea groups is 1. The van der Waals surface area contributed by atoms with Crippen LogP contribution >= 0.6 is 0 Å². The molecule has 0 spiro atoms. The van der Waals surface area contributed by atoms with Crippen LogP contribution < -0.4 is 10.1 Å². The van der Waals surface area contributed by atoms with Crippen molar-refractivity contribution in [2.24, 2.45) is 0 Å². The van der Waals surface area contributed by atoms with Gasteiger partial charge in [-0.3, -0.25) is 4.90 Å². The maximum absolute atomic E-state index is 13.6. The first-order valence-electron chi connectivity index (χ1n) is 8.81. The van der Waals surface area contributed by atoms with E-state index >= 15 is 0 Å². The zero-order valence-corrected chi connectivity index (χ0v) is 14.2. The van der Waals surface area contributed by atoms with E-state index in [1.54, 1.807) is 18.2 Å². The molecule has 0 unspecified atom stereocenters. The molecule has 1 aromatic carbocycles. The van der Waals surface area contributed by atoms with Crippen molar-refractivity contribution < 1.29 is 13.9 Å². The summed E-state index contributed by atoms with van der Waals surface area (Å²) in [6.45, 7) is 6.10. The lowest BCUT2D eigenvalue weighted by atomic mass is 10.2. The summed E-state index contributed by atoms with van der Waals surface area (Å²) in [6, 6.07) is 6.76. The minimum absolute atomic E-state index is 0.0549. The Balaban J connectivity index is 1.41. The van der Waals surface area contributed by atoms with E-state index in [0.717, 1.165) is 32.6 Å². The third-order valence-corrected chi connectivity index (χ3v) is 4.81. The predicted molar refractivity (Wildman–Crippen MR) is 90.7 cm³/mol. The first kappa shape index (κ1) is 17.0. The summed E-state index contributed by atoms with van der Waals surface area (Å²) in [7, 11) is 0. The Labute approximate surface area is 142 Å². The van der Waals surface area contributed by atoms with Crippen LogP contribution in [0.25, 0.3) is 0 Å². The molecule has 0 bridgehead atoms. The van der Waals surface area contributed by atoms with Gasteiger partial charge in [0.2, 0.25) is 0 Å². The fraction of sp³-hybridized carbons (Fsp3) is 0.611. The number of hydrogen-bond donors (Lipinski definition) is 1. The van der Waals surface area contributed by atoms with Crippen molar-refractivity contribution in [1.29, 1.82) is 0 Å². The van der Waals surface area contributed by atoms with Crippen molar-refractivity contribution in [2.45, 2.75) is 38.3 Å². The summed E-state index contributed by atoms with van der Waals surface area (Å²) >= 11 is 0. The number of rotatable bonds is 5. The van der Waals surface area contributed by atoms with Gasteiger partial charge in [-0.05, 0) is 51.4 Å². The topological polar surface area (TPSA) is 44.8 Å². The van der Waals surface area contributed by atoms with Crippen LogP contribution in [0.1, 0.15) is 26.2 Å². The van der Waals surface area contributed by atoms with Crippen molar-refractivity contribution in [2.75, 3.05) is 32.7 Å². The Morgan fingerprint density at radius 3 is 2.83 bits per heavy atom. The minimum atomic E-state index is -0.385. The van der Waals surface area contributed by atoms with Gasteiger partial charge in [0.15, 0.2) is 11.6 Å². The van der Waals surface area contributed by atoms with Crippen LogP contribution in [-0.2, 0) is 0 Å². The Kier molecular flexibility index (Phi) is 5.56. The van der Waals surface area contributed by atoms with Crippen LogP contribution in [0.5, 0.6) is 5.75 Å². The molecule has 24 heavy (non-hydrogen) atoms. The lowest BCUT2D eigenvalue weighted by Gasteiger charge is -2.24. The maximum Gasteiger partial charge on any atom is 0.317 e. The molecule has 0 radical (unpaired) electrons. The van der Waals surface area contributed by atoms with E-state index in [-0.39, 0.29) is 23.7 Å². The lowest BCUT2D eigenvalue weighted by molar-refractivity contribution is 0.181. The van der Waals surface area contributed by atoms with Gasteiger partial charge in [-0.15, -0.1) is 0 Å². The summed E-state index contributed by atoms with van der Waals surface area (Å²) in [5.41, 5.74) is 0. The molecular weight excluding hydrogens is 309 g/mol. The molecule has 2 fully saturated rings. The van der Waals surface area contributed by atoms with Crippen molar-refractivity contribution in [3.63, 3.8) is 0 Å². The number of nitrogens with zero attached hydrogens (tertiary/aromatic N) is 2. The quantitative estimate of drug-likeness (QED) is 0.899. The number of carbonyl (C=O) groups is 1. The molecule has 6 heteroatoms. The summed E-state index contributed by atoms with van der Waals surface area (Å²) in [5, 5.41) is 2.90. The first-order valence-corrected chi connectivity index (χ1v) is 8.81. The van der Waals surface area contributed by atoms with Crippen LogP contribution in [0.3, 0.4) is 0 Å². The Morgan fingerprint density at radius 2 is 2.08 bits per heavy atom. The second kappa shape index (κ2) is 7.83. The molecule has 0 aliphatic carbocycles. The van der Waals surface area contributed by atoms with E-state index in [0.29, 0.717) is 12.6 Å². The van der Waals surface area contributed by atoms with Crippen molar-refractivity contribution in [1.82, 2.24) is 15.1 Å². The largest absolute Gasteiger partial charge is 0.486 e. The summed E-state index contributed by atoms with van der Waals surface area (Å²) in [6.07, 6.45) is 3.30. The molecule has 2 heterocycles. The SMILES string of the molecule is C[C@H](CNC(=O)N1CC[C@H](N2CCCC2)C1)Oc1ccccc1F. The van der Waals surface area contributed by atoms with Crippen LogP contribution in [0.4, 0.5) is 9.18 Å². The number of ether oxygens (including phenoxy) is 1. The van der Waals surface area contributed by atoms with Crippen LogP contribution in [0, 0.1) is 5.82 Å². The molecule has 2 atom stereocenters. The van der Waals surface area contributed by atoms with Gasteiger partial charge in [0, 0.05) is 19.1 Å². The van der Waals surface area contributed by atoms with Gasteiger partial charge in [0.05, 0.1) is 6.54 Å². The van der Waals surface area contributed by atoms with Crippen LogP contribution in [0.2, 0.25) is 0 Å². The molecule has 2 saturated heterocycles. The third-order valence-electron chi connectivity index (χ3n) is 4.81. The molecule has 2 aliphatic heterocycles. The van der Waals surface area contributed by atoms with Crippen molar-refractivity contribution in [3.8, 4) is 5.75 Å². The van der Waals surface area contributed by atoms with Gasteiger partial charge in [-0.25, -0.2) is 9.18 Å². The number of carbonyl (C=O) groups excluding carboxylic acids is 1. The second-order valence-electron chi connectivity index (χ2n) is 6.68. The van der Waals surface area contributed by atoms with Crippen LogP contribution in [-0.4, -0.2) is 60.7 Å². The Morgan fingerprint density at radius 1 is 1.33 bits per heavy atom. The zero-order valence-electron chi connectivity index (χ0n) is 14.2. The fourth-order valence-electron chi connectivity index (χ4n) is 3.47. The minimum Gasteiger partial charge on any atom is -0.486 e. The number of benzene rings is 1. The Bertz CT molecular complexity index is 563. The maximum atomic E-state index is 13.6. The Hall–Kier alpha value is -1.82. The van der Waals surface area contributed by atoms with E-state index in [9.17, 15) is 9.18 Å². The van der Waals surface area contributed by atoms with Gasteiger partial charge in [0.1, 0.15) is 6.10 Å². The number of halogens is 1. The highest BCUT2D eigenvalue weighted by atomic mass is 19.1. The molecule has 132 valence electrons. The normalized spacial score (nSPS) is 22.6. The van der Waals surface area contributed by atoms with E-state index in [1.807, 2.05) is 11.8 Å². The number of amides is 2. The highest BCUT2D eigenvalue weighted by Crippen LogP contribution is 2.20. The van der Waals surface area contributed by atoms with E-state index < -0.39 is 0 Å². The molecule has 2 amide bonds. The number of likely N-dealkylation sites (tertiary alicyclic amines) is 2. The van der Waals surface area contributed by atoms with Crippen molar-refractivity contribution in [3.05, 3.63) is 30.1 Å². The highest BCUT2D eigenvalue weighted by molar-refractivity contribution is 5.74. The van der Waals surface area contributed by atoms with Crippen LogP contribution in [0.15, 0.2) is 24.3 Å². The highest BCUT2D eigenvalue weighted by Gasteiger charge is 2.31. The molecule has 0 aromatic heterocycles. The molecule has 2 aliphatic rings. The first-order chi connectivity index (χ1) is 11.6. The molecule has 1 aromatic rings. The van der Waals surface area contributed by atoms with Gasteiger partial charge < -0.3 is 15.0 Å². The van der Waals surface area contributed by atoms with E-state index in [4.69, 9.17) is 4.74 Å². The number of hydrogen-bond acceptors (Lipinski definition) is 3. The lowest BCUT2D eigenvalue weighted by Crippen LogP contribution is -2.44. The summed E-state index contributed by atoms with van der Waals surface area (Å²) in [4.78, 5) is 16.7. The number of nitrogens with one attached hydrogen (secondary N) is 1. The van der Waals surface area contributed by atoms with E-state index in [2.05, 4.69) is 10.2 Å². The second-order valence-corrected chi connectivity index (χ2v) is 6.68. The summed E-state index contributed by atoms with van der Waals surface area (Å²) in [5.74, 6) is -0.168. The summed E-state index contributed by atoms with van der Waals surface area (Å²) < 4.78 is 19.1. The molecule has 5 nitrogen and oxygen atoms in total. The molecule has 1 N–H and O–H groups in total. The monoisotopic (exact) mass is 335 g/mol. The van der Waals surface area contributed by atoms with Gasteiger partial charge in [-0.2, -0.15) is 0 Å². The zero-order chi connectivity index (χ0) is 16.9. The van der Waals surface area contributed by atoms with E-state index in [1.165, 1.54) is 18.9 Å². The van der Waals surface area contributed by atoms with Gasteiger partial charge in [-0.1, -0.05) is 12.1 Å². The fourth-order valence-corrected chi connectivity index (χ4v) is 3.47.